The van der Waals surface area contributed by atoms with E-state index in [9.17, 15) is 35.1 Å². The molecule has 0 saturated carbocycles. The normalized spacial score (nSPS) is 17.4. The zero-order valence-electron chi connectivity index (χ0n) is 5.68. The van der Waals surface area contributed by atoms with Crippen LogP contribution >= 0.6 is 0 Å². The quantitative estimate of drug-likeness (QED) is 0.587. The summed E-state index contributed by atoms with van der Waals surface area (Å²) in [6, 6.07) is 0. The standard InChI is InChI=1S/C5H2F8/c6-2(4(8,9)10)1-3(7)5(11,12)13/h1-2H. The second-order valence-corrected chi connectivity index (χ2v) is 1.96. The van der Waals surface area contributed by atoms with Crippen molar-refractivity contribution in [1.29, 1.82) is 0 Å². The van der Waals surface area contributed by atoms with Gasteiger partial charge >= 0.3 is 12.4 Å². The molecule has 0 aromatic heterocycles. The van der Waals surface area contributed by atoms with E-state index in [4.69, 9.17) is 0 Å². The molecule has 1 atom stereocenters. The van der Waals surface area contributed by atoms with E-state index in [2.05, 4.69) is 0 Å². The highest BCUT2D eigenvalue weighted by atomic mass is 19.4. The number of halogens is 8. The first-order chi connectivity index (χ1) is 5.55. The van der Waals surface area contributed by atoms with Gasteiger partial charge in [0, 0.05) is 0 Å². The molecule has 13 heavy (non-hydrogen) atoms. The van der Waals surface area contributed by atoms with Crippen molar-refractivity contribution in [2.24, 2.45) is 0 Å². The Morgan fingerprint density at radius 1 is 1.00 bits per heavy atom. The van der Waals surface area contributed by atoms with Gasteiger partial charge in [0.1, 0.15) is 0 Å². The monoisotopic (exact) mass is 214 g/mol. The molecule has 0 bridgehead atoms. The van der Waals surface area contributed by atoms with E-state index >= 15 is 0 Å². The van der Waals surface area contributed by atoms with Gasteiger partial charge in [-0.25, -0.2) is 8.78 Å². The molecule has 0 aromatic carbocycles. The van der Waals surface area contributed by atoms with E-state index in [1.54, 1.807) is 0 Å². The van der Waals surface area contributed by atoms with Crippen LogP contribution in [0.1, 0.15) is 0 Å². The first kappa shape index (κ1) is 12.2. The minimum absolute atomic E-state index is 1.17. The van der Waals surface area contributed by atoms with E-state index in [1.807, 2.05) is 0 Å². The van der Waals surface area contributed by atoms with Gasteiger partial charge in [0.25, 0.3) is 0 Å². The lowest BCUT2D eigenvalue weighted by atomic mass is 10.3. The molecule has 0 aromatic rings. The first-order valence-corrected chi connectivity index (χ1v) is 2.70. The third kappa shape index (κ3) is 4.09. The lowest BCUT2D eigenvalue weighted by Gasteiger charge is -2.09. The predicted octanol–water partition coefficient (Wildman–Crippen LogP) is 3.30. The van der Waals surface area contributed by atoms with Crippen LogP contribution in [-0.4, -0.2) is 18.5 Å². The lowest BCUT2D eigenvalue weighted by molar-refractivity contribution is -0.168. The molecule has 1 unspecified atom stereocenters. The largest absolute Gasteiger partial charge is 0.442 e. The zero-order valence-corrected chi connectivity index (χ0v) is 5.68. The Hall–Kier alpha value is -0.820. The van der Waals surface area contributed by atoms with E-state index in [1.165, 1.54) is 0 Å². The molecule has 0 aliphatic carbocycles. The average molecular weight is 214 g/mol. The van der Waals surface area contributed by atoms with Gasteiger partial charge in [-0.1, -0.05) is 0 Å². The fourth-order valence-corrected chi connectivity index (χ4v) is 0.317. The van der Waals surface area contributed by atoms with Crippen LogP contribution in [0.5, 0.6) is 0 Å². The molecule has 0 saturated heterocycles. The molecule has 0 heterocycles. The molecule has 0 N–H and O–H groups in total. The van der Waals surface area contributed by atoms with Gasteiger partial charge in [0.15, 0.2) is 0 Å². The van der Waals surface area contributed by atoms with Crippen molar-refractivity contribution in [3.8, 4) is 0 Å². The summed E-state index contributed by atoms with van der Waals surface area (Å²) in [7, 11) is 0. The lowest BCUT2D eigenvalue weighted by Crippen LogP contribution is -2.23. The predicted molar refractivity (Wildman–Crippen MR) is 26.2 cm³/mol. The maximum Gasteiger partial charge on any atom is 0.442 e. The fourth-order valence-electron chi connectivity index (χ4n) is 0.317. The Labute approximate surface area is 66.8 Å². The van der Waals surface area contributed by atoms with Gasteiger partial charge < -0.3 is 0 Å². The molecule has 0 aliphatic heterocycles. The Morgan fingerprint density at radius 3 is 1.62 bits per heavy atom. The Kier molecular flexibility index (Phi) is 3.28. The summed E-state index contributed by atoms with van der Waals surface area (Å²) in [6.45, 7) is 0. The molecule has 0 aliphatic rings. The average Bonchev–Trinajstić information content (AvgIpc) is 1.82. The number of hydrogen-bond donors (Lipinski definition) is 0. The summed E-state index contributed by atoms with van der Waals surface area (Å²) >= 11 is 0. The molecule has 78 valence electrons. The van der Waals surface area contributed by atoms with Crippen LogP contribution in [-0.2, 0) is 0 Å². The van der Waals surface area contributed by atoms with Gasteiger partial charge in [-0.15, -0.1) is 0 Å². The Balaban J connectivity index is 4.59. The maximum atomic E-state index is 11.7. The second kappa shape index (κ2) is 3.51. The van der Waals surface area contributed by atoms with Crippen molar-refractivity contribution >= 4 is 0 Å². The molecule has 0 nitrogen and oxygen atoms in total. The smallest absolute Gasteiger partial charge is 0.233 e. The summed E-state index contributed by atoms with van der Waals surface area (Å²) in [6.07, 6.45) is -16.2. The number of hydrogen-bond acceptors (Lipinski definition) is 0. The third-order valence-electron chi connectivity index (χ3n) is 0.876. The van der Waals surface area contributed by atoms with Crippen molar-refractivity contribution in [3.63, 3.8) is 0 Å². The SMILES string of the molecule is FC(=CC(F)C(F)(F)F)C(F)(F)F. The minimum atomic E-state index is -5.59. The van der Waals surface area contributed by atoms with Crippen LogP contribution in [0.4, 0.5) is 35.1 Å². The van der Waals surface area contributed by atoms with E-state index in [0.717, 1.165) is 0 Å². The van der Waals surface area contributed by atoms with Crippen molar-refractivity contribution in [2.45, 2.75) is 18.5 Å². The first-order valence-electron chi connectivity index (χ1n) is 2.70. The van der Waals surface area contributed by atoms with E-state index < -0.39 is 30.4 Å². The van der Waals surface area contributed by atoms with Crippen molar-refractivity contribution < 1.29 is 35.1 Å². The molecular formula is C5H2F8. The molecule has 8 heteroatoms. The highest BCUT2D eigenvalue weighted by molar-refractivity contribution is 5.04. The van der Waals surface area contributed by atoms with Gasteiger partial charge in [0.05, 0.1) is 0 Å². The summed E-state index contributed by atoms with van der Waals surface area (Å²) in [5.74, 6) is -3.10. The van der Waals surface area contributed by atoms with Gasteiger partial charge in [-0.2, -0.15) is 26.3 Å². The van der Waals surface area contributed by atoms with Crippen LogP contribution in [0.3, 0.4) is 0 Å². The fraction of sp³-hybridized carbons (Fsp3) is 0.600. The van der Waals surface area contributed by atoms with Crippen molar-refractivity contribution in [3.05, 3.63) is 11.9 Å². The highest BCUT2D eigenvalue weighted by Gasteiger charge is 2.43. The van der Waals surface area contributed by atoms with Gasteiger partial charge in [-0.05, 0) is 6.08 Å². The summed E-state index contributed by atoms with van der Waals surface area (Å²) in [5.41, 5.74) is 0. The van der Waals surface area contributed by atoms with Gasteiger partial charge in [0.2, 0.25) is 12.0 Å². The topological polar surface area (TPSA) is 0 Å². The van der Waals surface area contributed by atoms with Crippen LogP contribution < -0.4 is 0 Å². The molecule has 0 rings (SSSR count). The van der Waals surface area contributed by atoms with Crippen LogP contribution in [0.25, 0.3) is 0 Å². The molecule has 0 radical (unpaired) electrons. The third-order valence-corrected chi connectivity index (χ3v) is 0.876. The number of allylic oxidation sites excluding steroid dienone is 2. The summed E-state index contributed by atoms with van der Waals surface area (Å²) in [4.78, 5) is 0. The molecular weight excluding hydrogens is 212 g/mol. The second-order valence-electron chi connectivity index (χ2n) is 1.96. The van der Waals surface area contributed by atoms with Crippen LogP contribution in [0.15, 0.2) is 11.9 Å². The Morgan fingerprint density at radius 2 is 1.38 bits per heavy atom. The summed E-state index contributed by atoms with van der Waals surface area (Å²) in [5, 5.41) is 0. The number of rotatable bonds is 1. The Bertz CT molecular complexity index is 196. The molecule has 0 amide bonds. The van der Waals surface area contributed by atoms with Crippen molar-refractivity contribution in [2.75, 3.05) is 0 Å². The number of alkyl halides is 7. The molecule has 0 fully saturated rings. The van der Waals surface area contributed by atoms with Gasteiger partial charge in [-0.3, -0.25) is 0 Å². The highest BCUT2D eigenvalue weighted by Crippen LogP contribution is 2.31. The van der Waals surface area contributed by atoms with E-state index in [-0.39, 0.29) is 0 Å². The molecule has 0 spiro atoms. The summed E-state index contributed by atoms with van der Waals surface area (Å²) < 4.78 is 90.8. The van der Waals surface area contributed by atoms with E-state index in [0.29, 0.717) is 0 Å². The minimum Gasteiger partial charge on any atom is -0.233 e. The maximum absolute atomic E-state index is 11.7. The van der Waals surface area contributed by atoms with Crippen molar-refractivity contribution in [1.82, 2.24) is 0 Å². The van der Waals surface area contributed by atoms with Crippen LogP contribution in [0.2, 0.25) is 0 Å². The van der Waals surface area contributed by atoms with Crippen LogP contribution in [0, 0.1) is 0 Å². The zero-order chi connectivity index (χ0) is 10.9.